The minimum absolute atomic E-state index is 0.0396. The molecular formula is C71H100Cl2N9O26P3. The largest absolute Gasteiger partial charge is 0.364 e. The number of nitrogens with two attached hydrogens (primary N) is 1. The predicted molar refractivity (Wildman–Crippen MR) is 417 cm³/mol. The van der Waals surface area contributed by atoms with Crippen LogP contribution in [0.15, 0.2) is 150 Å². The number of alkyl halides is 1. The van der Waals surface area contributed by atoms with Gasteiger partial charge in [0.1, 0.15) is 19.2 Å². The SMILES string of the molecule is CC.CC.CCOP(=O)(CCCl)OCC.CCOP(=O)(CCON)OCC.CCOP(=O)(CCON1C(=O)c2ccccc2C1=O)OCC.COCn1c(C(=O)c2ccccc2)c(C)c(=O)[nH]c1=O.COCn1cc(C)c(=O)[nH]c1=O.Cc1c[nH]c(=O)[nH]c1=O.O=C(Cl)c1ccccc1.O=C1c2ccccc2C(=O)N1O. The fourth-order valence-corrected chi connectivity index (χ4v) is 13.4. The summed E-state index contributed by atoms with van der Waals surface area (Å²) in [7, 11) is -6.17. The molecule has 9 rings (SSSR count). The molecule has 7 aromatic rings. The van der Waals surface area contributed by atoms with Crippen molar-refractivity contribution in [3.05, 3.63) is 240 Å². The van der Waals surface area contributed by atoms with Gasteiger partial charge in [-0.3, -0.25) is 91.0 Å². The second-order valence-electron chi connectivity index (χ2n) is 20.9. The zero-order valence-corrected chi connectivity index (χ0v) is 68.8. The highest BCUT2D eigenvalue weighted by molar-refractivity contribution is 7.54. The lowest BCUT2D eigenvalue weighted by atomic mass is 10.1. The van der Waals surface area contributed by atoms with Gasteiger partial charge in [0.15, 0.2) is 0 Å². The fourth-order valence-electron chi connectivity index (χ4n) is 8.49. The fraction of sp³-hybridized carbons (Fsp3) is 0.408. The number of fused-ring (bicyclic) bond motifs is 2. The van der Waals surface area contributed by atoms with Gasteiger partial charge in [-0.2, -0.15) is 0 Å². The van der Waals surface area contributed by atoms with Gasteiger partial charge < -0.3 is 46.4 Å². The van der Waals surface area contributed by atoms with E-state index in [0.29, 0.717) is 70.8 Å². The minimum Gasteiger partial charge on any atom is -0.364 e. The third-order valence-electron chi connectivity index (χ3n) is 13.3. The maximum absolute atomic E-state index is 12.5. The van der Waals surface area contributed by atoms with Crippen molar-refractivity contribution in [2.45, 2.75) is 103 Å². The van der Waals surface area contributed by atoms with E-state index in [9.17, 15) is 71.2 Å². The Kier molecular flexibility index (Phi) is 51.3. The lowest BCUT2D eigenvalue weighted by Gasteiger charge is -2.18. The Morgan fingerprint density at radius 1 is 0.495 bits per heavy atom. The van der Waals surface area contributed by atoms with Crippen LogP contribution in [-0.2, 0) is 73.4 Å². The van der Waals surface area contributed by atoms with Crippen molar-refractivity contribution < 1.29 is 94.0 Å². The van der Waals surface area contributed by atoms with E-state index in [4.69, 9.17) is 75.8 Å². The number of halogens is 2. The van der Waals surface area contributed by atoms with Crippen molar-refractivity contribution in [2.75, 3.05) is 91.4 Å². The lowest BCUT2D eigenvalue weighted by molar-refractivity contribution is -0.0865. The molecule has 7 N–H and O–H groups in total. The first kappa shape index (κ1) is 102. The van der Waals surface area contributed by atoms with Crippen molar-refractivity contribution in [2.24, 2.45) is 5.90 Å². The number of benzene rings is 4. The Balaban J connectivity index is 0.00000126. The summed E-state index contributed by atoms with van der Waals surface area (Å²) in [6.45, 7) is 25.3. The van der Waals surface area contributed by atoms with E-state index in [0.717, 1.165) is 4.57 Å². The average Bonchev–Trinajstić information content (AvgIpc) is 1.78. The monoisotopic (exact) mass is 1660 g/mol. The lowest BCUT2D eigenvalue weighted by Crippen LogP contribution is -2.36. The van der Waals surface area contributed by atoms with Crippen molar-refractivity contribution in [1.82, 2.24) is 39.2 Å². The summed E-state index contributed by atoms with van der Waals surface area (Å²) < 4.78 is 77.5. The number of imide groups is 2. The van der Waals surface area contributed by atoms with E-state index < -0.39 is 74.3 Å². The van der Waals surface area contributed by atoms with Gasteiger partial charge in [0.25, 0.3) is 45.5 Å². The van der Waals surface area contributed by atoms with E-state index in [1.54, 1.807) is 146 Å². The molecule has 0 atom stereocenters. The van der Waals surface area contributed by atoms with Crippen LogP contribution in [0.3, 0.4) is 0 Å². The number of aromatic nitrogens is 6. The number of ether oxygens (including phenoxy) is 2. The van der Waals surface area contributed by atoms with Crippen molar-refractivity contribution in [3.63, 3.8) is 0 Å². The topological polar surface area (TPSA) is 474 Å². The van der Waals surface area contributed by atoms with Crippen LogP contribution in [0.1, 0.15) is 154 Å². The molecule has 0 aliphatic carbocycles. The van der Waals surface area contributed by atoms with E-state index in [1.165, 1.54) is 50.2 Å². The van der Waals surface area contributed by atoms with Gasteiger partial charge in [-0.15, -0.1) is 21.7 Å². The Bertz CT molecular complexity index is 4440. The number of methoxy groups -OCH3 is 2. The normalized spacial score (nSPS) is 11.6. The Labute approximate surface area is 651 Å². The van der Waals surface area contributed by atoms with Crippen LogP contribution in [-0.4, -0.2) is 170 Å². The number of nitrogens with zero attached hydrogens (tertiary/aromatic N) is 4. The summed E-state index contributed by atoms with van der Waals surface area (Å²) in [5.41, 5.74) is 0.450. The number of hydrogen-bond acceptors (Lipinski definition) is 27. The Hall–Kier alpha value is -8.67. The molecule has 4 aromatic carbocycles. The summed E-state index contributed by atoms with van der Waals surface area (Å²) in [6, 6.07) is 30.0. The predicted octanol–water partition coefficient (Wildman–Crippen LogP) is 10.4. The molecule has 3 aromatic heterocycles. The van der Waals surface area contributed by atoms with Gasteiger partial charge in [0.05, 0.1) is 93.6 Å². The van der Waals surface area contributed by atoms with E-state index in [2.05, 4.69) is 24.8 Å². The molecule has 0 saturated heterocycles. The molecule has 0 radical (unpaired) electrons. The van der Waals surface area contributed by atoms with E-state index >= 15 is 0 Å². The van der Waals surface area contributed by atoms with Gasteiger partial charge in [-0.1, -0.05) is 113 Å². The molecule has 0 saturated carbocycles. The van der Waals surface area contributed by atoms with Crippen molar-refractivity contribution in [1.29, 1.82) is 0 Å². The number of hydroxylamine groups is 4. The third-order valence-corrected chi connectivity index (χ3v) is 20.1. The summed E-state index contributed by atoms with van der Waals surface area (Å²) in [5.74, 6) is 2.35. The molecule has 0 fully saturated rings. The summed E-state index contributed by atoms with van der Waals surface area (Å²) in [5, 5.41) is 9.33. The molecule has 0 spiro atoms. The van der Waals surface area contributed by atoms with Gasteiger partial charge in [-0.05, 0) is 98.2 Å². The molecule has 2 aliphatic rings. The first-order valence-corrected chi connectivity index (χ1v) is 40.5. The van der Waals surface area contributed by atoms with Crippen LogP contribution < -0.4 is 39.6 Å². The third kappa shape index (κ3) is 35.3. The number of amides is 4. The van der Waals surface area contributed by atoms with Crippen LogP contribution in [0, 0.1) is 20.8 Å². The highest BCUT2D eigenvalue weighted by Gasteiger charge is 2.38. The number of nitrogens with one attached hydrogen (secondary N) is 4. The average molecular weight is 1660 g/mol. The number of carbonyl (C=O) groups excluding carboxylic acids is 6. The first-order chi connectivity index (χ1) is 52.8. The molecule has 0 unspecified atom stereocenters. The summed E-state index contributed by atoms with van der Waals surface area (Å²) >= 11 is 10.6. The first-order valence-electron chi connectivity index (χ1n) is 34.4. The molecule has 0 bridgehead atoms. The number of ketones is 1. The van der Waals surface area contributed by atoms with Crippen LogP contribution >= 0.6 is 46.0 Å². The van der Waals surface area contributed by atoms with Crippen molar-refractivity contribution in [3.8, 4) is 0 Å². The molecule has 2 aliphatic heterocycles. The molecule has 614 valence electrons. The summed E-state index contributed by atoms with van der Waals surface area (Å²) in [6.07, 6.45) is 3.29. The van der Waals surface area contributed by atoms with Gasteiger partial charge in [0, 0.05) is 60.3 Å². The highest BCUT2D eigenvalue weighted by atomic mass is 35.5. The van der Waals surface area contributed by atoms with Crippen molar-refractivity contribution >= 4 is 80.6 Å². The van der Waals surface area contributed by atoms with Crippen LogP contribution in [0.25, 0.3) is 0 Å². The quantitative estimate of drug-likeness (QED) is 0.00505. The maximum atomic E-state index is 12.5. The molecule has 111 heavy (non-hydrogen) atoms. The van der Waals surface area contributed by atoms with Gasteiger partial charge in [-0.25, -0.2) is 20.3 Å². The molecule has 35 nitrogen and oxygen atoms in total. The van der Waals surface area contributed by atoms with E-state index in [-0.39, 0.29) is 103 Å². The number of aromatic amines is 4. The molecule has 40 heteroatoms. The Morgan fingerprint density at radius 3 is 1.24 bits per heavy atom. The molecule has 4 amide bonds. The molecule has 5 heterocycles. The number of H-pyrrole nitrogens is 4. The minimum atomic E-state index is -3.26. The zero-order valence-electron chi connectivity index (χ0n) is 64.6. The highest BCUT2D eigenvalue weighted by Crippen LogP contribution is 2.49. The van der Waals surface area contributed by atoms with E-state index in [1.807, 2.05) is 33.8 Å². The maximum Gasteiger partial charge on any atom is 0.333 e. The van der Waals surface area contributed by atoms with Crippen LogP contribution in [0.2, 0.25) is 0 Å². The Morgan fingerprint density at radius 2 is 0.874 bits per heavy atom. The molecular weight excluding hydrogens is 1560 g/mol. The number of hydrogen-bond donors (Lipinski definition) is 6. The van der Waals surface area contributed by atoms with Gasteiger partial charge >= 0.3 is 39.9 Å². The standard InChI is InChI=1S/C14H14N2O4.C14H18NO6P.C8H5NO3.C7H5ClO.C7H10N2O3.C6H14ClO3P.C6H16NO4P.C5H6N2O2.2C2H6/c1-9-11(12(17)10-6-4-3-5-7-10)16(8-20-2)14(19)15-13(9)18;1-3-20-22(18,21-4-2)10-9-19-15-13(16)11-7-5-6-8-12(11)14(15)17;10-7-5-3-1-2-4-6(5)8(11)9(7)12;8-7(9)6-4-2-1-3-5-6;1-5-3-9(4-12-2)7(11)8-6(5)10;1-3-9-11(8,6-5-7)10-4-2;1-3-10-12(8,11-4-2)6-5-9-7;1-3-2-6-5(9)7-4(3)8;2*1-2/h3-7H,8H2,1-2H3,(H,15,18,19);5-8H,3-4,9-10H2,1-2H3;1-4,12H;1-5H;3H,4H2,1-2H3,(H,8,10,11);3-6H2,1-2H3;3-7H2,1-2H3;2H,1H3,(H2,6,7,8,9);2*1-2H3. The number of aryl methyl sites for hydroxylation is 2. The van der Waals surface area contributed by atoms with Crippen LogP contribution in [0.4, 0.5) is 0 Å². The second kappa shape index (κ2) is 55.7. The summed E-state index contributed by atoms with van der Waals surface area (Å²) in [4.78, 5) is 154. The number of carbonyl (C=O) groups is 6. The smallest absolute Gasteiger partial charge is 0.333 e. The van der Waals surface area contributed by atoms with Gasteiger partial charge in [0.2, 0.25) is 5.78 Å². The number of rotatable bonds is 28. The van der Waals surface area contributed by atoms with Crippen LogP contribution in [0.5, 0.6) is 0 Å². The second-order valence-corrected chi connectivity index (χ2v) is 28.2. The zero-order chi connectivity index (χ0) is 84.5.